The molecule has 0 aliphatic heterocycles. The maximum Gasteiger partial charge on any atom is 0.123 e. The predicted molar refractivity (Wildman–Crippen MR) is 86.8 cm³/mol. The minimum Gasteiger partial charge on any atom is -0.306 e. The second-order valence-corrected chi connectivity index (χ2v) is 6.60. The molecule has 0 bridgehead atoms. The molecule has 2 aromatic rings. The molecule has 21 heavy (non-hydrogen) atoms. The van der Waals surface area contributed by atoms with Gasteiger partial charge in [-0.15, -0.1) is 0 Å². The van der Waals surface area contributed by atoms with Crippen molar-refractivity contribution in [3.05, 3.63) is 71.0 Å². The molecule has 2 heteroatoms. The van der Waals surface area contributed by atoms with Gasteiger partial charge in [0.2, 0.25) is 0 Å². The van der Waals surface area contributed by atoms with Crippen molar-refractivity contribution in [3.8, 4) is 0 Å². The Bertz CT molecular complexity index is 581. The Balaban J connectivity index is 1.97. The highest BCUT2D eigenvalue weighted by atomic mass is 19.1. The van der Waals surface area contributed by atoms with E-state index in [9.17, 15) is 4.39 Å². The number of hydrogen-bond donors (Lipinski definition) is 1. The summed E-state index contributed by atoms with van der Waals surface area (Å²) in [6, 6.07) is 15.6. The summed E-state index contributed by atoms with van der Waals surface area (Å²) in [5.74, 6) is -0.185. The molecule has 0 aliphatic carbocycles. The largest absolute Gasteiger partial charge is 0.306 e. The zero-order chi connectivity index (χ0) is 15.5. The van der Waals surface area contributed by atoms with Crippen LogP contribution in [0.5, 0.6) is 0 Å². The van der Waals surface area contributed by atoms with Crippen LogP contribution >= 0.6 is 0 Å². The van der Waals surface area contributed by atoms with Crippen molar-refractivity contribution in [2.45, 2.75) is 45.7 Å². The summed E-state index contributed by atoms with van der Waals surface area (Å²) < 4.78 is 13.2. The van der Waals surface area contributed by atoms with Gasteiger partial charge in [-0.1, -0.05) is 57.2 Å². The lowest BCUT2D eigenvalue weighted by molar-refractivity contribution is 0.563. The van der Waals surface area contributed by atoms with Gasteiger partial charge in [0.15, 0.2) is 0 Å². The van der Waals surface area contributed by atoms with E-state index >= 15 is 0 Å². The van der Waals surface area contributed by atoms with E-state index in [2.05, 4.69) is 57.3 Å². The van der Waals surface area contributed by atoms with Crippen LogP contribution in [0, 0.1) is 5.82 Å². The second-order valence-electron chi connectivity index (χ2n) is 6.60. The van der Waals surface area contributed by atoms with Crippen molar-refractivity contribution in [2.75, 3.05) is 0 Å². The van der Waals surface area contributed by atoms with Gasteiger partial charge in [-0.2, -0.15) is 0 Å². The Morgan fingerprint density at radius 3 is 2.29 bits per heavy atom. The molecule has 0 heterocycles. The van der Waals surface area contributed by atoms with E-state index in [1.54, 1.807) is 12.1 Å². The van der Waals surface area contributed by atoms with Crippen LogP contribution in [0.2, 0.25) is 0 Å². The van der Waals surface area contributed by atoms with E-state index in [4.69, 9.17) is 0 Å². The van der Waals surface area contributed by atoms with Crippen molar-refractivity contribution in [2.24, 2.45) is 0 Å². The molecule has 2 aromatic carbocycles. The van der Waals surface area contributed by atoms with E-state index in [1.807, 2.05) is 6.07 Å². The molecule has 1 nitrogen and oxygen atoms in total. The van der Waals surface area contributed by atoms with Crippen LogP contribution in [-0.4, -0.2) is 0 Å². The van der Waals surface area contributed by atoms with Crippen LogP contribution in [0.1, 0.15) is 50.4 Å². The number of nitrogens with one attached hydrogen (secondary N) is 1. The van der Waals surface area contributed by atoms with E-state index in [-0.39, 0.29) is 17.3 Å². The summed E-state index contributed by atoms with van der Waals surface area (Å²) in [5.41, 5.74) is 3.73. The fourth-order valence-corrected chi connectivity index (χ4v) is 2.29. The zero-order valence-corrected chi connectivity index (χ0v) is 13.3. The SMILES string of the molecule is C[C@@H](NCc1ccc(C(C)(C)C)cc1)c1cccc(F)c1. The Hall–Kier alpha value is -1.67. The Labute approximate surface area is 127 Å². The summed E-state index contributed by atoms with van der Waals surface area (Å²) in [5, 5.41) is 3.43. The second kappa shape index (κ2) is 6.40. The maximum atomic E-state index is 13.2. The summed E-state index contributed by atoms with van der Waals surface area (Å²) >= 11 is 0. The van der Waals surface area contributed by atoms with Gasteiger partial charge >= 0.3 is 0 Å². The average molecular weight is 285 g/mol. The first-order chi connectivity index (χ1) is 9.86. The van der Waals surface area contributed by atoms with Crippen LogP contribution < -0.4 is 5.32 Å². The van der Waals surface area contributed by atoms with Crippen molar-refractivity contribution < 1.29 is 4.39 Å². The van der Waals surface area contributed by atoms with E-state index in [0.717, 1.165) is 12.1 Å². The molecule has 0 spiro atoms. The van der Waals surface area contributed by atoms with Crippen LogP contribution in [-0.2, 0) is 12.0 Å². The molecule has 0 aliphatic rings. The first kappa shape index (κ1) is 15.7. The van der Waals surface area contributed by atoms with Crippen molar-refractivity contribution in [1.29, 1.82) is 0 Å². The van der Waals surface area contributed by atoms with Crippen molar-refractivity contribution in [1.82, 2.24) is 5.32 Å². The van der Waals surface area contributed by atoms with Gasteiger partial charge in [-0.05, 0) is 41.2 Å². The quantitative estimate of drug-likeness (QED) is 0.836. The monoisotopic (exact) mass is 285 g/mol. The minimum absolute atomic E-state index is 0.128. The molecule has 112 valence electrons. The molecule has 0 saturated heterocycles. The lowest BCUT2D eigenvalue weighted by Gasteiger charge is -2.19. The Morgan fingerprint density at radius 2 is 1.71 bits per heavy atom. The number of hydrogen-bond acceptors (Lipinski definition) is 1. The highest BCUT2D eigenvalue weighted by molar-refractivity contribution is 5.27. The molecular weight excluding hydrogens is 261 g/mol. The summed E-state index contributed by atoms with van der Waals surface area (Å²) in [6.45, 7) is 9.48. The maximum absolute atomic E-state index is 13.2. The third-order valence-electron chi connectivity index (χ3n) is 3.78. The smallest absolute Gasteiger partial charge is 0.123 e. The zero-order valence-electron chi connectivity index (χ0n) is 13.3. The molecule has 0 amide bonds. The fraction of sp³-hybridized carbons (Fsp3) is 0.368. The molecule has 0 radical (unpaired) electrons. The normalized spacial score (nSPS) is 13.2. The first-order valence-corrected chi connectivity index (χ1v) is 7.44. The van der Waals surface area contributed by atoms with E-state index in [1.165, 1.54) is 17.2 Å². The predicted octanol–water partition coefficient (Wildman–Crippen LogP) is 4.97. The number of halogens is 1. The van der Waals surface area contributed by atoms with Crippen molar-refractivity contribution in [3.63, 3.8) is 0 Å². The average Bonchev–Trinajstić information content (AvgIpc) is 2.44. The highest BCUT2D eigenvalue weighted by Crippen LogP contribution is 2.22. The number of rotatable bonds is 4. The van der Waals surface area contributed by atoms with Gasteiger partial charge < -0.3 is 5.32 Å². The summed E-state index contributed by atoms with van der Waals surface area (Å²) in [7, 11) is 0. The standard InChI is InChI=1S/C19H24FN/c1-14(16-6-5-7-18(20)12-16)21-13-15-8-10-17(11-9-15)19(2,3)4/h5-12,14,21H,13H2,1-4H3/t14-/m1/s1. The van der Waals surface area contributed by atoms with Gasteiger partial charge in [0.1, 0.15) is 5.82 Å². The van der Waals surface area contributed by atoms with Gasteiger partial charge in [0.25, 0.3) is 0 Å². The summed E-state index contributed by atoms with van der Waals surface area (Å²) in [6.07, 6.45) is 0. The van der Waals surface area contributed by atoms with Crippen LogP contribution in [0.15, 0.2) is 48.5 Å². The Kier molecular flexibility index (Phi) is 4.79. The van der Waals surface area contributed by atoms with Crippen LogP contribution in [0.25, 0.3) is 0 Å². The van der Waals surface area contributed by atoms with Gasteiger partial charge in [-0.3, -0.25) is 0 Å². The minimum atomic E-state index is -0.185. The lowest BCUT2D eigenvalue weighted by atomic mass is 9.87. The molecule has 0 fully saturated rings. The van der Waals surface area contributed by atoms with Crippen LogP contribution in [0.3, 0.4) is 0 Å². The van der Waals surface area contributed by atoms with Gasteiger partial charge in [-0.25, -0.2) is 4.39 Å². The Morgan fingerprint density at radius 1 is 1.05 bits per heavy atom. The van der Waals surface area contributed by atoms with Crippen molar-refractivity contribution >= 4 is 0 Å². The fourth-order valence-electron chi connectivity index (χ4n) is 2.29. The molecule has 0 saturated carbocycles. The topological polar surface area (TPSA) is 12.0 Å². The van der Waals surface area contributed by atoms with Gasteiger partial charge in [0.05, 0.1) is 0 Å². The van der Waals surface area contributed by atoms with E-state index in [0.29, 0.717) is 0 Å². The third kappa shape index (κ3) is 4.40. The molecule has 1 N–H and O–H groups in total. The third-order valence-corrected chi connectivity index (χ3v) is 3.78. The van der Waals surface area contributed by atoms with Crippen LogP contribution in [0.4, 0.5) is 4.39 Å². The molecule has 2 rings (SSSR count). The van der Waals surface area contributed by atoms with Gasteiger partial charge in [0, 0.05) is 12.6 Å². The summed E-state index contributed by atoms with van der Waals surface area (Å²) in [4.78, 5) is 0. The highest BCUT2D eigenvalue weighted by Gasteiger charge is 2.13. The first-order valence-electron chi connectivity index (χ1n) is 7.44. The number of benzene rings is 2. The molecule has 1 atom stereocenters. The van der Waals surface area contributed by atoms with E-state index < -0.39 is 0 Å². The molecule has 0 unspecified atom stereocenters. The molecule has 0 aromatic heterocycles. The molecular formula is C19H24FN. The lowest BCUT2D eigenvalue weighted by Crippen LogP contribution is -2.18.